The van der Waals surface area contributed by atoms with Crippen LogP contribution in [0.5, 0.6) is 0 Å². The van der Waals surface area contributed by atoms with E-state index >= 15 is 0 Å². The number of benzene rings is 2. The molecule has 2 amide bonds. The molecular weight excluding hydrogens is 295 g/mol. The first-order chi connectivity index (χ1) is 11.0. The van der Waals surface area contributed by atoms with Gasteiger partial charge in [-0.1, -0.05) is 30.3 Å². The molecule has 0 aromatic heterocycles. The number of carbonyl (C=O) groups excluding carboxylic acids is 2. The molecule has 5 heteroatoms. The molecule has 0 saturated heterocycles. The lowest BCUT2D eigenvalue weighted by molar-refractivity contribution is -0.132. The van der Waals surface area contributed by atoms with Crippen LogP contribution in [0.1, 0.15) is 22.8 Å². The molecule has 1 atom stereocenters. The lowest BCUT2D eigenvalue weighted by Gasteiger charge is -2.22. The Kier molecular flexibility index (Phi) is 5.46. The molecule has 1 N–H and O–H groups in total. The Morgan fingerprint density at radius 1 is 1.13 bits per heavy atom. The fraction of sp³-hybridized carbons (Fsp3) is 0.222. The van der Waals surface area contributed by atoms with Gasteiger partial charge in [-0.15, -0.1) is 0 Å². The first-order valence-electron chi connectivity index (χ1n) is 7.32. The van der Waals surface area contributed by atoms with Gasteiger partial charge in [0.25, 0.3) is 5.91 Å². The van der Waals surface area contributed by atoms with E-state index in [0.29, 0.717) is 11.1 Å². The summed E-state index contributed by atoms with van der Waals surface area (Å²) >= 11 is 0. The van der Waals surface area contributed by atoms with Crippen molar-refractivity contribution in [2.24, 2.45) is 0 Å². The Labute approximate surface area is 134 Å². The largest absolute Gasteiger partial charge is 0.341 e. The maximum atomic E-state index is 13.2. The van der Waals surface area contributed by atoms with E-state index in [1.165, 1.54) is 17.0 Å². The SMILES string of the molecule is C[C@H](NC(=O)c1ccccc1)C(=O)N(C)Cc1cccc(F)c1. The summed E-state index contributed by atoms with van der Waals surface area (Å²) in [5.74, 6) is -0.877. The van der Waals surface area contributed by atoms with Gasteiger partial charge in [0.05, 0.1) is 0 Å². The van der Waals surface area contributed by atoms with Crippen LogP contribution in [-0.2, 0) is 11.3 Å². The van der Waals surface area contributed by atoms with Crippen LogP contribution in [0.2, 0.25) is 0 Å². The van der Waals surface area contributed by atoms with E-state index < -0.39 is 6.04 Å². The molecule has 0 unspecified atom stereocenters. The van der Waals surface area contributed by atoms with Gasteiger partial charge in [0, 0.05) is 19.2 Å². The van der Waals surface area contributed by atoms with E-state index in [2.05, 4.69) is 5.32 Å². The van der Waals surface area contributed by atoms with Crippen molar-refractivity contribution < 1.29 is 14.0 Å². The Bertz CT molecular complexity index is 688. The number of hydrogen-bond donors (Lipinski definition) is 1. The average Bonchev–Trinajstić information content (AvgIpc) is 2.54. The predicted molar refractivity (Wildman–Crippen MR) is 86.2 cm³/mol. The number of amides is 2. The van der Waals surface area contributed by atoms with E-state index in [0.717, 1.165) is 0 Å². The van der Waals surface area contributed by atoms with Gasteiger partial charge in [0.1, 0.15) is 11.9 Å². The second kappa shape index (κ2) is 7.54. The molecule has 120 valence electrons. The Morgan fingerprint density at radius 3 is 2.48 bits per heavy atom. The first-order valence-corrected chi connectivity index (χ1v) is 7.32. The summed E-state index contributed by atoms with van der Waals surface area (Å²) in [6, 6.07) is 14.1. The molecule has 0 saturated carbocycles. The minimum atomic E-state index is -0.665. The van der Waals surface area contributed by atoms with Crippen molar-refractivity contribution in [1.82, 2.24) is 10.2 Å². The van der Waals surface area contributed by atoms with E-state index in [9.17, 15) is 14.0 Å². The Morgan fingerprint density at radius 2 is 1.83 bits per heavy atom. The number of halogens is 1. The lowest BCUT2D eigenvalue weighted by atomic mass is 10.1. The van der Waals surface area contributed by atoms with Gasteiger partial charge in [-0.25, -0.2) is 4.39 Å². The smallest absolute Gasteiger partial charge is 0.251 e. The van der Waals surface area contributed by atoms with Crippen molar-refractivity contribution in [2.45, 2.75) is 19.5 Å². The molecule has 0 heterocycles. The molecule has 2 aromatic rings. The van der Waals surface area contributed by atoms with Crippen molar-refractivity contribution in [3.63, 3.8) is 0 Å². The summed E-state index contributed by atoms with van der Waals surface area (Å²) in [5, 5.41) is 2.67. The zero-order valence-electron chi connectivity index (χ0n) is 13.1. The highest BCUT2D eigenvalue weighted by molar-refractivity contribution is 5.97. The fourth-order valence-electron chi connectivity index (χ4n) is 2.25. The molecule has 0 bridgehead atoms. The predicted octanol–water partition coefficient (Wildman–Crippen LogP) is 2.60. The highest BCUT2D eigenvalue weighted by atomic mass is 19.1. The van der Waals surface area contributed by atoms with E-state index in [1.807, 2.05) is 6.07 Å². The van der Waals surface area contributed by atoms with Crippen LogP contribution in [0.25, 0.3) is 0 Å². The summed E-state index contributed by atoms with van der Waals surface area (Å²) in [5.41, 5.74) is 1.20. The molecule has 2 rings (SSSR count). The van der Waals surface area contributed by atoms with Crippen molar-refractivity contribution in [3.8, 4) is 0 Å². The van der Waals surface area contributed by atoms with Gasteiger partial charge >= 0.3 is 0 Å². The van der Waals surface area contributed by atoms with Crippen molar-refractivity contribution in [3.05, 3.63) is 71.5 Å². The molecule has 4 nitrogen and oxygen atoms in total. The van der Waals surface area contributed by atoms with Crippen LogP contribution in [-0.4, -0.2) is 29.8 Å². The quantitative estimate of drug-likeness (QED) is 0.922. The van der Waals surface area contributed by atoms with Crippen LogP contribution >= 0.6 is 0 Å². The van der Waals surface area contributed by atoms with Gasteiger partial charge in [-0.3, -0.25) is 9.59 Å². The van der Waals surface area contributed by atoms with Gasteiger partial charge in [0.2, 0.25) is 5.91 Å². The number of likely N-dealkylation sites (N-methyl/N-ethyl adjacent to an activating group) is 1. The van der Waals surface area contributed by atoms with Crippen LogP contribution in [0.3, 0.4) is 0 Å². The lowest BCUT2D eigenvalue weighted by Crippen LogP contribution is -2.45. The Balaban J connectivity index is 1.95. The zero-order valence-corrected chi connectivity index (χ0v) is 13.1. The molecule has 2 aromatic carbocycles. The minimum absolute atomic E-state index is 0.237. The van der Waals surface area contributed by atoms with Crippen LogP contribution in [0.15, 0.2) is 54.6 Å². The number of nitrogens with one attached hydrogen (secondary N) is 1. The Hall–Kier alpha value is -2.69. The monoisotopic (exact) mass is 314 g/mol. The summed E-state index contributed by atoms with van der Waals surface area (Å²) in [6.45, 7) is 1.91. The summed E-state index contributed by atoms with van der Waals surface area (Å²) in [4.78, 5) is 25.8. The van der Waals surface area contributed by atoms with Crippen LogP contribution < -0.4 is 5.32 Å². The number of nitrogens with zero attached hydrogens (tertiary/aromatic N) is 1. The number of carbonyl (C=O) groups is 2. The molecule has 0 aliphatic rings. The third-order valence-corrected chi connectivity index (χ3v) is 3.44. The van der Waals surface area contributed by atoms with Crippen LogP contribution in [0, 0.1) is 5.82 Å². The highest BCUT2D eigenvalue weighted by Gasteiger charge is 2.20. The molecular formula is C18H19FN2O2. The second-order valence-electron chi connectivity index (χ2n) is 5.39. The normalized spacial score (nSPS) is 11.6. The van der Waals surface area contributed by atoms with Crippen molar-refractivity contribution >= 4 is 11.8 Å². The molecule has 23 heavy (non-hydrogen) atoms. The van der Waals surface area contributed by atoms with Crippen molar-refractivity contribution in [1.29, 1.82) is 0 Å². The highest BCUT2D eigenvalue weighted by Crippen LogP contribution is 2.07. The fourth-order valence-corrected chi connectivity index (χ4v) is 2.25. The average molecular weight is 314 g/mol. The molecule has 0 aliphatic heterocycles. The molecule has 0 radical (unpaired) electrons. The van der Waals surface area contributed by atoms with Gasteiger partial charge in [0.15, 0.2) is 0 Å². The third-order valence-electron chi connectivity index (χ3n) is 3.44. The molecule has 0 spiro atoms. The van der Waals surface area contributed by atoms with E-state index in [1.54, 1.807) is 50.4 Å². The van der Waals surface area contributed by atoms with Gasteiger partial charge in [-0.2, -0.15) is 0 Å². The van der Waals surface area contributed by atoms with E-state index in [-0.39, 0.29) is 24.2 Å². The molecule has 0 fully saturated rings. The zero-order chi connectivity index (χ0) is 16.8. The summed E-state index contributed by atoms with van der Waals surface area (Å²) < 4.78 is 13.2. The first kappa shape index (κ1) is 16.7. The number of rotatable bonds is 5. The van der Waals surface area contributed by atoms with Gasteiger partial charge < -0.3 is 10.2 Å². The van der Waals surface area contributed by atoms with Gasteiger partial charge in [-0.05, 0) is 36.8 Å². The van der Waals surface area contributed by atoms with Crippen LogP contribution in [0.4, 0.5) is 4.39 Å². The molecule has 0 aliphatic carbocycles. The third kappa shape index (κ3) is 4.64. The number of hydrogen-bond acceptors (Lipinski definition) is 2. The van der Waals surface area contributed by atoms with Crippen molar-refractivity contribution in [2.75, 3.05) is 7.05 Å². The second-order valence-corrected chi connectivity index (χ2v) is 5.39. The maximum absolute atomic E-state index is 13.2. The maximum Gasteiger partial charge on any atom is 0.251 e. The summed E-state index contributed by atoms with van der Waals surface area (Å²) in [7, 11) is 1.62. The van der Waals surface area contributed by atoms with E-state index in [4.69, 9.17) is 0 Å². The topological polar surface area (TPSA) is 49.4 Å². The standard InChI is InChI=1S/C18H19FN2O2/c1-13(20-17(22)15-8-4-3-5-9-15)18(23)21(2)12-14-7-6-10-16(19)11-14/h3-11,13H,12H2,1-2H3,(H,20,22)/t13-/m0/s1. The minimum Gasteiger partial charge on any atom is -0.341 e. The summed E-state index contributed by atoms with van der Waals surface area (Å²) in [6.07, 6.45) is 0.